The highest BCUT2D eigenvalue weighted by atomic mass is 79.9. The third kappa shape index (κ3) is 2.05. The molecule has 0 bridgehead atoms. The molecule has 1 aromatic rings. The summed E-state index contributed by atoms with van der Waals surface area (Å²) in [4.78, 5) is 0. The molecule has 0 atom stereocenters. The molecule has 0 aliphatic rings. The van der Waals surface area contributed by atoms with Crippen LogP contribution < -0.4 is 5.32 Å². The van der Waals surface area contributed by atoms with Crippen molar-refractivity contribution in [1.82, 2.24) is 5.32 Å². The van der Waals surface area contributed by atoms with Crippen molar-refractivity contribution in [3.05, 3.63) is 19.2 Å². The Morgan fingerprint density at radius 1 is 1.60 bits per heavy atom. The summed E-state index contributed by atoms with van der Waals surface area (Å²) in [5.74, 6) is 0. The third-order valence-corrected chi connectivity index (χ3v) is 3.56. The molecule has 1 aromatic heterocycles. The second kappa shape index (κ2) is 3.85. The molecule has 0 radical (unpaired) electrons. The summed E-state index contributed by atoms with van der Waals surface area (Å²) >= 11 is 8.58. The summed E-state index contributed by atoms with van der Waals surface area (Å²) in [5, 5.41) is 3.09. The Labute approximate surface area is 81.1 Å². The van der Waals surface area contributed by atoms with Crippen LogP contribution in [0.25, 0.3) is 0 Å². The molecule has 1 N–H and O–H groups in total. The van der Waals surface area contributed by atoms with Gasteiger partial charge in [0.2, 0.25) is 0 Å². The second-order valence-electron chi connectivity index (χ2n) is 1.88. The Kier molecular flexibility index (Phi) is 3.36. The van der Waals surface area contributed by atoms with E-state index in [-0.39, 0.29) is 0 Å². The van der Waals surface area contributed by atoms with Gasteiger partial charge in [-0.3, -0.25) is 0 Å². The minimum absolute atomic E-state index is 0.919. The van der Waals surface area contributed by atoms with Crippen LogP contribution in [0.1, 0.15) is 5.56 Å². The molecule has 0 spiro atoms. The smallest absolute Gasteiger partial charge is 0.0755 e. The van der Waals surface area contributed by atoms with Crippen molar-refractivity contribution in [3.8, 4) is 0 Å². The zero-order valence-corrected chi connectivity index (χ0v) is 9.44. The molecule has 0 fully saturated rings. The van der Waals surface area contributed by atoms with E-state index in [1.165, 1.54) is 13.1 Å². The van der Waals surface area contributed by atoms with Gasteiger partial charge in [0.25, 0.3) is 0 Å². The molecule has 1 heterocycles. The average molecular weight is 285 g/mol. The number of halogens is 2. The van der Waals surface area contributed by atoms with Gasteiger partial charge in [-0.2, -0.15) is 0 Å². The Balaban J connectivity index is 2.81. The lowest BCUT2D eigenvalue weighted by Crippen LogP contribution is -2.03. The molecule has 10 heavy (non-hydrogen) atoms. The number of rotatable bonds is 2. The molecule has 0 saturated heterocycles. The average Bonchev–Trinajstić information content (AvgIpc) is 2.13. The van der Waals surface area contributed by atoms with Gasteiger partial charge in [-0.05, 0) is 50.5 Å². The Bertz CT molecular complexity index is 222. The summed E-state index contributed by atoms with van der Waals surface area (Å²) in [6.07, 6.45) is 0. The van der Waals surface area contributed by atoms with E-state index in [0.29, 0.717) is 0 Å². The molecule has 4 heteroatoms. The van der Waals surface area contributed by atoms with E-state index >= 15 is 0 Å². The maximum absolute atomic E-state index is 3.47. The summed E-state index contributed by atoms with van der Waals surface area (Å²) in [7, 11) is 1.94. The van der Waals surface area contributed by atoms with Gasteiger partial charge in [0.15, 0.2) is 0 Å². The fourth-order valence-electron chi connectivity index (χ4n) is 0.685. The minimum atomic E-state index is 0.919. The fourth-order valence-corrected chi connectivity index (χ4v) is 3.51. The van der Waals surface area contributed by atoms with Gasteiger partial charge >= 0.3 is 0 Å². The molecule has 0 saturated carbocycles. The lowest BCUT2D eigenvalue weighted by atomic mass is 10.3. The van der Waals surface area contributed by atoms with Crippen LogP contribution in [0.2, 0.25) is 0 Å². The zero-order valence-electron chi connectivity index (χ0n) is 5.45. The minimum Gasteiger partial charge on any atom is -0.316 e. The number of thiophene rings is 1. The number of hydrogen-bond donors (Lipinski definition) is 1. The van der Waals surface area contributed by atoms with E-state index in [0.717, 1.165) is 6.54 Å². The zero-order chi connectivity index (χ0) is 7.56. The molecule has 0 aliphatic carbocycles. The van der Waals surface area contributed by atoms with Gasteiger partial charge < -0.3 is 5.32 Å². The largest absolute Gasteiger partial charge is 0.316 e. The van der Waals surface area contributed by atoms with Gasteiger partial charge in [0.1, 0.15) is 0 Å². The van der Waals surface area contributed by atoms with Crippen LogP contribution in [0.3, 0.4) is 0 Å². The quantitative estimate of drug-likeness (QED) is 0.880. The van der Waals surface area contributed by atoms with Crippen LogP contribution >= 0.6 is 43.2 Å². The van der Waals surface area contributed by atoms with Crippen molar-refractivity contribution in [2.75, 3.05) is 7.05 Å². The van der Waals surface area contributed by atoms with E-state index in [1.807, 2.05) is 7.05 Å². The Morgan fingerprint density at radius 2 is 2.30 bits per heavy atom. The first-order chi connectivity index (χ1) is 4.74. The normalized spacial score (nSPS) is 10.3. The van der Waals surface area contributed by atoms with Crippen LogP contribution in [-0.4, -0.2) is 7.05 Å². The first-order valence-corrected chi connectivity index (χ1v) is 5.22. The van der Waals surface area contributed by atoms with Gasteiger partial charge in [-0.25, -0.2) is 0 Å². The second-order valence-corrected chi connectivity index (χ2v) is 5.63. The summed E-state index contributed by atoms with van der Waals surface area (Å²) in [5.41, 5.74) is 1.30. The lowest BCUT2D eigenvalue weighted by molar-refractivity contribution is 0.818. The van der Waals surface area contributed by atoms with E-state index in [9.17, 15) is 0 Å². The van der Waals surface area contributed by atoms with Crippen LogP contribution in [0.5, 0.6) is 0 Å². The molecular formula is C6H7Br2NS. The predicted octanol–water partition coefficient (Wildman–Crippen LogP) is 2.99. The van der Waals surface area contributed by atoms with Gasteiger partial charge in [0.05, 0.1) is 7.57 Å². The molecular weight excluding hydrogens is 278 g/mol. The molecule has 0 aliphatic heterocycles. The van der Waals surface area contributed by atoms with Crippen molar-refractivity contribution in [3.63, 3.8) is 0 Å². The lowest BCUT2D eigenvalue weighted by Gasteiger charge is -1.93. The standard InChI is InChI=1S/C6H7Br2NS/c1-9-3-4-2-5(7)10-6(4)8/h2,9H,3H2,1H3. The highest BCUT2D eigenvalue weighted by Crippen LogP contribution is 2.31. The van der Waals surface area contributed by atoms with Crippen molar-refractivity contribution in [1.29, 1.82) is 0 Å². The van der Waals surface area contributed by atoms with Gasteiger partial charge in [-0.15, -0.1) is 11.3 Å². The number of nitrogens with one attached hydrogen (secondary N) is 1. The SMILES string of the molecule is CNCc1cc(Br)sc1Br. The Morgan fingerprint density at radius 3 is 2.70 bits per heavy atom. The monoisotopic (exact) mass is 283 g/mol. The van der Waals surface area contributed by atoms with E-state index in [4.69, 9.17) is 0 Å². The maximum atomic E-state index is 3.47. The molecule has 56 valence electrons. The topological polar surface area (TPSA) is 12.0 Å². The molecule has 0 aromatic carbocycles. The molecule has 0 unspecified atom stereocenters. The van der Waals surface area contributed by atoms with Crippen LogP contribution in [0, 0.1) is 0 Å². The van der Waals surface area contributed by atoms with Crippen molar-refractivity contribution in [2.45, 2.75) is 6.54 Å². The van der Waals surface area contributed by atoms with Crippen molar-refractivity contribution >= 4 is 43.2 Å². The highest BCUT2D eigenvalue weighted by Gasteiger charge is 2.02. The molecule has 1 rings (SSSR count). The maximum Gasteiger partial charge on any atom is 0.0755 e. The first-order valence-electron chi connectivity index (χ1n) is 2.82. The summed E-state index contributed by atoms with van der Waals surface area (Å²) < 4.78 is 2.37. The summed E-state index contributed by atoms with van der Waals surface area (Å²) in [6, 6.07) is 2.12. The van der Waals surface area contributed by atoms with Crippen LogP contribution in [-0.2, 0) is 6.54 Å². The van der Waals surface area contributed by atoms with E-state index in [1.54, 1.807) is 11.3 Å². The van der Waals surface area contributed by atoms with Gasteiger partial charge in [-0.1, -0.05) is 0 Å². The number of hydrogen-bond acceptors (Lipinski definition) is 2. The molecule has 0 amide bonds. The van der Waals surface area contributed by atoms with Gasteiger partial charge in [0, 0.05) is 6.54 Å². The van der Waals surface area contributed by atoms with Crippen molar-refractivity contribution < 1.29 is 0 Å². The predicted molar refractivity (Wildman–Crippen MR) is 52.5 cm³/mol. The highest BCUT2D eigenvalue weighted by molar-refractivity contribution is 9.12. The van der Waals surface area contributed by atoms with Crippen LogP contribution in [0.4, 0.5) is 0 Å². The molecule has 1 nitrogen and oxygen atoms in total. The first kappa shape index (κ1) is 8.71. The Hall–Kier alpha value is 0.620. The van der Waals surface area contributed by atoms with Crippen LogP contribution in [0.15, 0.2) is 13.6 Å². The third-order valence-electron chi connectivity index (χ3n) is 1.09. The summed E-state index contributed by atoms with van der Waals surface area (Å²) in [6.45, 7) is 0.919. The van der Waals surface area contributed by atoms with E-state index in [2.05, 4.69) is 43.2 Å². The van der Waals surface area contributed by atoms with E-state index < -0.39 is 0 Å². The fraction of sp³-hybridized carbons (Fsp3) is 0.333. The van der Waals surface area contributed by atoms with Crippen molar-refractivity contribution in [2.24, 2.45) is 0 Å².